The van der Waals surface area contributed by atoms with Gasteiger partial charge in [-0.3, -0.25) is 9.69 Å². The molecule has 0 saturated heterocycles. The molecule has 18 heavy (non-hydrogen) atoms. The molecule has 4 heteroatoms. The van der Waals surface area contributed by atoms with Crippen molar-refractivity contribution in [3.05, 3.63) is 29.8 Å². The van der Waals surface area contributed by atoms with Gasteiger partial charge in [-0.2, -0.15) is 0 Å². The average Bonchev–Trinajstić information content (AvgIpc) is 2.34. The van der Waals surface area contributed by atoms with E-state index in [0.717, 1.165) is 18.7 Å². The first-order valence-corrected chi connectivity index (χ1v) is 6.11. The van der Waals surface area contributed by atoms with Crippen LogP contribution in [0.2, 0.25) is 0 Å². The lowest BCUT2D eigenvalue weighted by Gasteiger charge is -2.24. The Morgan fingerprint density at radius 1 is 1.33 bits per heavy atom. The smallest absolute Gasteiger partial charge is 0.317 e. The largest absolute Gasteiger partial charge is 0.497 e. The van der Waals surface area contributed by atoms with Crippen molar-refractivity contribution < 1.29 is 14.6 Å². The number of methoxy groups -OCH3 is 1. The first kappa shape index (κ1) is 14.5. The standard InChI is InChI=1S/C14H21NO3/c1-11(2)15(10-14(16)17)9-8-12-4-6-13(18-3)7-5-12/h4-7,11H,8-10H2,1-3H3,(H,16,17). The Morgan fingerprint density at radius 3 is 2.39 bits per heavy atom. The molecule has 100 valence electrons. The van der Waals surface area contributed by atoms with Crippen molar-refractivity contribution in [1.29, 1.82) is 0 Å². The lowest BCUT2D eigenvalue weighted by Crippen LogP contribution is -2.37. The summed E-state index contributed by atoms with van der Waals surface area (Å²) in [5, 5.41) is 8.84. The van der Waals surface area contributed by atoms with Crippen LogP contribution in [-0.4, -0.2) is 42.2 Å². The Bertz CT molecular complexity index is 373. The van der Waals surface area contributed by atoms with Crippen LogP contribution in [0.25, 0.3) is 0 Å². The number of nitrogens with zero attached hydrogens (tertiary/aromatic N) is 1. The number of hydrogen-bond acceptors (Lipinski definition) is 3. The molecule has 0 atom stereocenters. The maximum absolute atomic E-state index is 10.8. The minimum absolute atomic E-state index is 0.0911. The Kier molecular flexibility index (Phi) is 5.65. The molecule has 0 aromatic heterocycles. The van der Waals surface area contributed by atoms with E-state index in [2.05, 4.69) is 0 Å². The molecule has 4 nitrogen and oxygen atoms in total. The normalized spacial score (nSPS) is 10.9. The molecule has 0 bridgehead atoms. The highest BCUT2D eigenvalue weighted by molar-refractivity contribution is 5.69. The molecule has 0 unspecified atom stereocenters. The third kappa shape index (κ3) is 4.75. The van der Waals surface area contributed by atoms with Gasteiger partial charge in [0.05, 0.1) is 13.7 Å². The highest BCUT2D eigenvalue weighted by atomic mass is 16.5. The van der Waals surface area contributed by atoms with Crippen molar-refractivity contribution in [3.63, 3.8) is 0 Å². The third-order valence-corrected chi connectivity index (χ3v) is 2.92. The van der Waals surface area contributed by atoms with E-state index in [9.17, 15) is 4.79 Å². The predicted molar refractivity (Wildman–Crippen MR) is 71.0 cm³/mol. The summed E-state index contributed by atoms with van der Waals surface area (Å²) in [5.74, 6) is 0.0587. The molecule has 0 aliphatic heterocycles. The quantitative estimate of drug-likeness (QED) is 0.805. The number of carbonyl (C=O) groups is 1. The lowest BCUT2D eigenvalue weighted by atomic mass is 10.1. The Balaban J connectivity index is 2.52. The molecule has 0 fully saturated rings. The zero-order chi connectivity index (χ0) is 13.5. The van der Waals surface area contributed by atoms with Crippen molar-refractivity contribution in [3.8, 4) is 5.75 Å². The number of rotatable bonds is 7. The van der Waals surface area contributed by atoms with Gasteiger partial charge in [0.2, 0.25) is 0 Å². The van der Waals surface area contributed by atoms with Crippen LogP contribution in [0, 0.1) is 0 Å². The van der Waals surface area contributed by atoms with Crippen LogP contribution < -0.4 is 4.74 Å². The van der Waals surface area contributed by atoms with E-state index in [-0.39, 0.29) is 12.6 Å². The second-order valence-electron chi connectivity index (χ2n) is 4.56. The van der Waals surface area contributed by atoms with Crippen LogP contribution in [0.5, 0.6) is 5.75 Å². The van der Waals surface area contributed by atoms with E-state index < -0.39 is 5.97 Å². The zero-order valence-corrected chi connectivity index (χ0v) is 11.2. The molecular formula is C14H21NO3. The van der Waals surface area contributed by atoms with Crippen LogP contribution >= 0.6 is 0 Å². The average molecular weight is 251 g/mol. The van der Waals surface area contributed by atoms with Gasteiger partial charge >= 0.3 is 5.97 Å². The summed E-state index contributed by atoms with van der Waals surface area (Å²) in [6.45, 7) is 4.86. The van der Waals surface area contributed by atoms with E-state index in [1.165, 1.54) is 5.56 Å². The Hall–Kier alpha value is -1.55. The second kappa shape index (κ2) is 7.01. The molecule has 0 aliphatic rings. The molecule has 0 saturated carbocycles. The summed E-state index contributed by atoms with van der Waals surface area (Å²) in [6.07, 6.45) is 0.843. The molecule has 1 aromatic carbocycles. The van der Waals surface area contributed by atoms with Crippen molar-refractivity contribution in [1.82, 2.24) is 4.90 Å². The summed E-state index contributed by atoms with van der Waals surface area (Å²) in [7, 11) is 1.64. The number of benzene rings is 1. The van der Waals surface area contributed by atoms with E-state index in [1.54, 1.807) is 7.11 Å². The van der Waals surface area contributed by atoms with Gasteiger partial charge in [0.15, 0.2) is 0 Å². The van der Waals surface area contributed by atoms with Gasteiger partial charge in [0.25, 0.3) is 0 Å². The van der Waals surface area contributed by atoms with E-state index >= 15 is 0 Å². The predicted octanol–water partition coefficient (Wildman–Crippen LogP) is 2.03. The van der Waals surface area contributed by atoms with Gasteiger partial charge in [0, 0.05) is 12.6 Å². The minimum Gasteiger partial charge on any atom is -0.497 e. The second-order valence-corrected chi connectivity index (χ2v) is 4.56. The highest BCUT2D eigenvalue weighted by Crippen LogP contribution is 2.12. The number of carboxylic acids is 1. The topological polar surface area (TPSA) is 49.8 Å². The molecule has 0 spiro atoms. The number of aliphatic carboxylic acids is 1. The summed E-state index contributed by atoms with van der Waals surface area (Å²) in [6, 6.07) is 8.11. The Labute approximate surface area is 108 Å². The van der Waals surface area contributed by atoms with E-state index in [1.807, 2.05) is 43.0 Å². The molecule has 1 N–H and O–H groups in total. The zero-order valence-electron chi connectivity index (χ0n) is 11.2. The maximum atomic E-state index is 10.8. The molecule has 1 rings (SSSR count). The van der Waals surface area contributed by atoms with E-state index in [0.29, 0.717) is 0 Å². The first-order chi connectivity index (χ1) is 8.52. The van der Waals surface area contributed by atoms with Crippen LogP contribution in [0.3, 0.4) is 0 Å². The van der Waals surface area contributed by atoms with Crippen molar-refractivity contribution in [2.75, 3.05) is 20.2 Å². The minimum atomic E-state index is -0.779. The van der Waals surface area contributed by atoms with Crippen molar-refractivity contribution in [2.24, 2.45) is 0 Å². The molecule has 0 aliphatic carbocycles. The monoisotopic (exact) mass is 251 g/mol. The van der Waals surface area contributed by atoms with Gasteiger partial charge in [0.1, 0.15) is 5.75 Å². The van der Waals surface area contributed by atoms with Gasteiger partial charge in [-0.15, -0.1) is 0 Å². The molecule has 0 radical (unpaired) electrons. The van der Waals surface area contributed by atoms with Gasteiger partial charge in [-0.05, 0) is 38.0 Å². The fourth-order valence-electron chi connectivity index (χ4n) is 1.76. The SMILES string of the molecule is COc1ccc(CCN(CC(=O)O)C(C)C)cc1. The van der Waals surface area contributed by atoms with Gasteiger partial charge in [-0.25, -0.2) is 0 Å². The van der Waals surface area contributed by atoms with Crippen LogP contribution in [0.15, 0.2) is 24.3 Å². The third-order valence-electron chi connectivity index (χ3n) is 2.92. The van der Waals surface area contributed by atoms with Crippen molar-refractivity contribution >= 4 is 5.97 Å². The van der Waals surface area contributed by atoms with Crippen LogP contribution in [0.1, 0.15) is 19.4 Å². The number of carboxylic acid groups (broad SMARTS) is 1. The summed E-state index contributed by atoms with van der Waals surface area (Å²) in [4.78, 5) is 12.7. The summed E-state index contributed by atoms with van der Waals surface area (Å²) in [5.41, 5.74) is 1.19. The fraction of sp³-hybridized carbons (Fsp3) is 0.500. The number of ether oxygens (including phenoxy) is 1. The lowest BCUT2D eigenvalue weighted by molar-refractivity contribution is -0.138. The number of hydrogen-bond donors (Lipinski definition) is 1. The molecule has 0 amide bonds. The Morgan fingerprint density at radius 2 is 1.94 bits per heavy atom. The molecule has 1 aromatic rings. The summed E-state index contributed by atoms with van der Waals surface area (Å²) < 4.78 is 5.10. The fourth-order valence-corrected chi connectivity index (χ4v) is 1.76. The highest BCUT2D eigenvalue weighted by Gasteiger charge is 2.12. The maximum Gasteiger partial charge on any atom is 0.317 e. The van der Waals surface area contributed by atoms with Crippen molar-refractivity contribution in [2.45, 2.75) is 26.3 Å². The molecular weight excluding hydrogens is 230 g/mol. The summed E-state index contributed by atoms with van der Waals surface area (Å²) >= 11 is 0. The molecule has 0 heterocycles. The van der Waals surface area contributed by atoms with Gasteiger partial charge < -0.3 is 9.84 Å². The van der Waals surface area contributed by atoms with E-state index in [4.69, 9.17) is 9.84 Å². The first-order valence-electron chi connectivity index (χ1n) is 6.11. The van der Waals surface area contributed by atoms with Crippen LogP contribution in [0.4, 0.5) is 0 Å². The van der Waals surface area contributed by atoms with Crippen LogP contribution in [-0.2, 0) is 11.2 Å². The van der Waals surface area contributed by atoms with Gasteiger partial charge in [-0.1, -0.05) is 12.1 Å².